The lowest BCUT2D eigenvalue weighted by Crippen LogP contribution is -2.54. The SMILES string of the molecule is COc1ccc([C@@]23CC[C@@H](NC(=O)Nc4ccc(C)c(F)c4)C[C@@H]2N(C(C)C)CC3)cc1OC. The number of halogens is 1. The van der Waals surface area contributed by atoms with Gasteiger partial charge in [0.05, 0.1) is 14.2 Å². The number of amides is 2. The molecule has 2 aromatic carbocycles. The highest BCUT2D eigenvalue weighted by atomic mass is 19.1. The first-order chi connectivity index (χ1) is 16.3. The average Bonchev–Trinajstić information content (AvgIpc) is 3.21. The van der Waals surface area contributed by atoms with Gasteiger partial charge in [-0.15, -0.1) is 0 Å². The molecule has 2 aliphatic rings. The van der Waals surface area contributed by atoms with Crippen molar-refractivity contribution in [3.63, 3.8) is 0 Å². The summed E-state index contributed by atoms with van der Waals surface area (Å²) in [6.07, 6.45) is 3.79. The van der Waals surface area contributed by atoms with E-state index in [1.165, 1.54) is 11.6 Å². The number of urea groups is 1. The second kappa shape index (κ2) is 9.82. The normalized spacial score (nSPS) is 24.6. The third kappa shape index (κ3) is 4.58. The molecule has 1 aliphatic heterocycles. The number of carbonyl (C=O) groups excluding carboxylic acids is 1. The molecule has 2 aromatic rings. The standard InChI is InChI=1S/C27H36FN3O3/c1-17(2)31-13-12-27(19-7-9-23(33-4)24(14-19)34-5)11-10-21(16-25(27)31)30-26(32)29-20-8-6-18(3)22(28)15-20/h6-9,14-15,17,21,25H,10-13,16H2,1-5H3,(H2,29,30,32)/t21-,25+,27+/m1/s1. The zero-order chi connectivity index (χ0) is 24.5. The number of methoxy groups -OCH3 is 2. The van der Waals surface area contributed by atoms with Crippen LogP contribution in [0.5, 0.6) is 11.5 Å². The maximum atomic E-state index is 13.9. The minimum Gasteiger partial charge on any atom is -0.493 e. The molecular formula is C27H36FN3O3. The highest BCUT2D eigenvalue weighted by molar-refractivity contribution is 5.89. The lowest BCUT2D eigenvalue weighted by Gasteiger charge is -2.46. The Morgan fingerprint density at radius 1 is 1.12 bits per heavy atom. The highest BCUT2D eigenvalue weighted by Crippen LogP contribution is 2.50. The molecule has 6 nitrogen and oxygen atoms in total. The van der Waals surface area contributed by atoms with Crippen molar-refractivity contribution in [2.24, 2.45) is 0 Å². The van der Waals surface area contributed by atoms with Crippen molar-refractivity contribution in [2.45, 2.75) is 70.0 Å². The molecule has 0 unspecified atom stereocenters. The van der Waals surface area contributed by atoms with Gasteiger partial charge >= 0.3 is 6.03 Å². The van der Waals surface area contributed by atoms with Crippen LogP contribution in [0.2, 0.25) is 0 Å². The first-order valence-electron chi connectivity index (χ1n) is 12.1. The van der Waals surface area contributed by atoms with E-state index >= 15 is 0 Å². The van der Waals surface area contributed by atoms with Crippen molar-refractivity contribution in [3.8, 4) is 11.5 Å². The fourth-order valence-electron chi connectivity index (χ4n) is 5.84. The molecule has 2 N–H and O–H groups in total. The summed E-state index contributed by atoms with van der Waals surface area (Å²) in [4.78, 5) is 15.3. The number of rotatable bonds is 6. The number of likely N-dealkylation sites (tertiary alicyclic amines) is 1. The van der Waals surface area contributed by atoms with Crippen LogP contribution in [-0.2, 0) is 5.41 Å². The van der Waals surface area contributed by atoms with E-state index < -0.39 is 0 Å². The van der Waals surface area contributed by atoms with Gasteiger partial charge in [0.15, 0.2) is 11.5 Å². The molecule has 1 saturated carbocycles. The lowest BCUT2D eigenvalue weighted by atomic mass is 9.65. The van der Waals surface area contributed by atoms with E-state index in [1.54, 1.807) is 33.3 Å². The Kier molecular flexibility index (Phi) is 7.03. The topological polar surface area (TPSA) is 62.8 Å². The summed E-state index contributed by atoms with van der Waals surface area (Å²) in [5.41, 5.74) is 2.30. The van der Waals surface area contributed by atoms with Gasteiger partial charge in [-0.1, -0.05) is 12.1 Å². The second-order valence-corrected chi connectivity index (χ2v) is 9.86. The molecule has 3 atom stereocenters. The zero-order valence-corrected chi connectivity index (χ0v) is 20.8. The number of aryl methyl sites for hydroxylation is 1. The molecule has 184 valence electrons. The van der Waals surface area contributed by atoms with Crippen LogP contribution in [0.4, 0.5) is 14.9 Å². The molecule has 1 aliphatic carbocycles. The Morgan fingerprint density at radius 2 is 1.88 bits per heavy atom. The third-order valence-electron chi connectivity index (χ3n) is 7.69. The largest absolute Gasteiger partial charge is 0.493 e. The first kappa shape index (κ1) is 24.3. The van der Waals surface area contributed by atoms with Gasteiger partial charge in [0.2, 0.25) is 0 Å². The third-order valence-corrected chi connectivity index (χ3v) is 7.69. The molecule has 2 fully saturated rings. The van der Waals surface area contributed by atoms with Gasteiger partial charge in [0.25, 0.3) is 0 Å². The van der Waals surface area contributed by atoms with Crippen molar-refractivity contribution in [2.75, 3.05) is 26.1 Å². The number of hydrogen-bond acceptors (Lipinski definition) is 4. The summed E-state index contributed by atoms with van der Waals surface area (Å²) in [5.74, 6) is 1.16. The van der Waals surface area contributed by atoms with E-state index in [9.17, 15) is 9.18 Å². The molecule has 34 heavy (non-hydrogen) atoms. The minimum absolute atomic E-state index is 0.0125. The summed E-state index contributed by atoms with van der Waals surface area (Å²) in [5, 5.41) is 5.92. The monoisotopic (exact) mass is 469 g/mol. The molecule has 0 spiro atoms. The highest BCUT2D eigenvalue weighted by Gasteiger charge is 2.52. The van der Waals surface area contributed by atoms with E-state index in [0.717, 1.165) is 43.7 Å². The fourth-order valence-corrected chi connectivity index (χ4v) is 5.84. The number of carbonyl (C=O) groups is 1. The number of anilines is 1. The molecule has 7 heteroatoms. The van der Waals surface area contributed by atoms with Gasteiger partial charge in [0, 0.05) is 29.2 Å². The number of nitrogens with one attached hydrogen (secondary N) is 2. The number of hydrogen-bond donors (Lipinski definition) is 2. The summed E-state index contributed by atoms with van der Waals surface area (Å²) >= 11 is 0. The minimum atomic E-state index is -0.325. The van der Waals surface area contributed by atoms with Gasteiger partial charge < -0.3 is 20.1 Å². The molecule has 4 rings (SSSR count). The summed E-state index contributed by atoms with van der Waals surface area (Å²) in [6, 6.07) is 11.5. The summed E-state index contributed by atoms with van der Waals surface area (Å²) in [7, 11) is 3.33. The van der Waals surface area contributed by atoms with Crippen molar-refractivity contribution < 1.29 is 18.7 Å². The quantitative estimate of drug-likeness (QED) is 0.607. The predicted octanol–water partition coefficient (Wildman–Crippen LogP) is 5.25. The Bertz CT molecular complexity index is 1040. The van der Waals surface area contributed by atoms with Crippen LogP contribution < -0.4 is 20.1 Å². The zero-order valence-electron chi connectivity index (χ0n) is 20.8. The van der Waals surface area contributed by atoms with Crippen molar-refractivity contribution in [3.05, 3.63) is 53.3 Å². The maximum Gasteiger partial charge on any atom is 0.319 e. The van der Waals surface area contributed by atoms with Crippen LogP contribution in [-0.4, -0.2) is 49.8 Å². The molecule has 0 radical (unpaired) electrons. The molecule has 0 bridgehead atoms. The molecule has 1 saturated heterocycles. The van der Waals surface area contributed by atoms with Gasteiger partial charge in [0.1, 0.15) is 5.82 Å². The van der Waals surface area contributed by atoms with E-state index in [2.05, 4.69) is 41.5 Å². The maximum absolute atomic E-state index is 13.9. The predicted molar refractivity (Wildman–Crippen MR) is 132 cm³/mol. The number of ether oxygens (including phenoxy) is 2. The number of fused-ring (bicyclic) bond motifs is 1. The Morgan fingerprint density at radius 3 is 2.56 bits per heavy atom. The lowest BCUT2D eigenvalue weighted by molar-refractivity contribution is 0.113. The second-order valence-electron chi connectivity index (χ2n) is 9.86. The molecule has 0 aromatic heterocycles. The van der Waals surface area contributed by atoms with Gasteiger partial charge in [-0.2, -0.15) is 0 Å². The molecular weight excluding hydrogens is 433 g/mol. The van der Waals surface area contributed by atoms with Gasteiger partial charge in [-0.05, 0) is 88.4 Å². The Balaban J connectivity index is 1.52. The van der Waals surface area contributed by atoms with Gasteiger partial charge in [-0.3, -0.25) is 4.90 Å². The van der Waals surface area contributed by atoms with E-state index in [0.29, 0.717) is 23.3 Å². The molecule has 1 heterocycles. The van der Waals surface area contributed by atoms with Crippen molar-refractivity contribution in [1.29, 1.82) is 0 Å². The van der Waals surface area contributed by atoms with Crippen LogP contribution >= 0.6 is 0 Å². The Labute approximate surface area is 201 Å². The first-order valence-corrected chi connectivity index (χ1v) is 12.1. The van der Waals surface area contributed by atoms with E-state index in [4.69, 9.17) is 9.47 Å². The summed E-state index contributed by atoms with van der Waals surface area (Å²) in [6.45, 7) is 7.20. The van der Waals surface area contributed by atoms with Crippen LogP contribution in [0, 0.1) is 12.7 Å². The number of benzene rings is 2. The van der Waals surface area contributed by atoms with E-state index in [-0.39, 0.29) is 23.3 Å². The Hall–Kier alpha value is -2.80. The van der Waals surface area contributed by atoms with Crippen LogP contribution in [0.1, 0.15) is 50.7 Å². The fraction of sp³-hybridized carbons (Fsp3) is 0.519. The van der Waals surface area contributed by atoms with Gasteiger partial charge in [-0.25, -0.2) is 9.18 Å². The number of nitrogens with zero attached hydrogens (tertiary/aromatic N) is 1. The van der Waals surface area contributed by atoms with Crippen molar-refractivity contribution in [1.82, 2.24) is 10.2 Å². The summed E-state index contributed by atoms with van der Waals surface area (Å²) < 4.78 is 24.9. The van der Waals surface area contributed by atoms with E-state index in [1.807, 2.05) is 6.07 Å². The molecule has 2 amide bonds. The van der Waals surface area contributed by atoms with Crippen molar-refractivity contribution >= 4 is 11.7 Å². The van der Waals surface area contributed by atoms with Crippen LogP contribution in [0.25, 0.3) is 0 Å². The van der Waals surface area contributed by atoms with Crippen LogP contribution in [0.15, 0.2) is 36.4 Å². The smallest absolute Gasteiger partial charge is 0.319 e. The average molecular weight is 470 g/mol. The van der Waals surface area contributed by atoms with Crippen LogP contribution in [0.3, 0.4) is 0 Å².